The van der Waals surface area contributed by atoms with E-state index in [4.69, 9.17) is 0 Å². The zero-order valence-electron chi connectivity index (χ0n) is 14.6. The van der Waals surface area contributed by atoms with Crippen LogP contribution in [-0.4, -0.2) is 50.3 Å². The highest BCUT2D eigenvalue weighted by molar-refractivity contribution is 7.89. The molecule has 0 bridgehead atoms. The molecule has 1 aromatic carbocycles. The summed E-state index contributed by atoms with van der Waals surface area (Å²) < 4.78 is 26.6. The largest absolute Gasteiger partial charge is 0.348 e. The number of hydrogen-bond acceptors (Lipinski definition) is 4. The third-order valence-corrected chi connectivity index (χ3v) is 6.56. The van der Waals surface area contributed by atoms with E-state index in [2.05, 4.69) is 10.6 Å². The Labute approximate surface area is 144 Å². The molecule has 0 saturated carbocycles. The summed E-state index contributed by atoms with van der Waals surface area (Å²) in [6.07, 6.45) is 1.95. The first-order valence-corrected chi connectivity index (χ1v) is 9.98. The standard InChI is InChI=1S/C17H27N3O3S/c1-4-20(5-2)24(22,23)15-9-6-8-14(12-15)17(21)19-16-10-7-11-18-13(16)3/h6,8-9,12-13,16,18H,4-5,7,10-11H2,1-3H3,(H,19,21). The third-order valence-electron chi connectivity index (χ3n) is 4.52. The van der Waals surface area contributed by atoms with Gasteiger partial charge >= 0.3 is 0 Å². The van der Waals surface area contributed by atoms with Gasteiger partial charge in [0.2, 0.25) is 10.0 Å². The van der Waals surface area contributed by atoms with E-state index in [1.165, 1.54) is 16.4 Å². The monoisotopic (exact) mass is 353 g/mol. The molecule has 1 fully saturated rings. The fraction of sp³-hybridized carbons (Fsp3) is 0.588. The Morgan fingerprint density at radius 2 is 2.04 bits per heavy atom. The molecule has 0 spiro atoms. The second-order valence-corrected chi connectivity index (χ2v) is 8.02. The van der Waals surface area contributed by atoms with Crippen molar-refractivity contribution < 1.29 is 13.2 Å². The number of sulfonamides is 1. The van der Waals surface area contributed by atoms with Gasteiger partial charge in [-0.2, -0.15) is 4.31 Å². The molecule has 24 heavy (non-hydrogen) atoms. The Morgan fingerprint density at radius 3 is 2.67 bits per heavy atom. The number of piperidine rings is 1. The van der Waals surface area contributed by atoms with E-state index in [1.807, 2.05) is 6.92 Å². The lowest BCUT2D eigenvalue weighted by atomic mass is 9.99. The summed E-state index contributed by atoms with van der Waals surface area (Å²) in [5, 5.41) is 6.35. The summed E-state index contributed by atoms with van der Waals surface area (Å²) >= 11 is 0. The molecule has 1 amide bonds. The van der Waals surface area contributed by atoms with Gasteiger partial charge in [0.1, 0.15) is 0 Å². The van der Waals surface area contributed by atoms with Crippen LogP contribution in [0.1, 0.15) is 44.0 Å². The maximum absolute atomic E-state index is 12.6. The van der Waals surface area contributed by atoms with Crippen molar-refractivity contribution in [2.24, 2.45) is 0 Å². The van der Waals surface area contributed by atoms with Crippen molar-refractivity contribution in [2.75, 3.05) is 19.6 Å². The second-order valence-electron chi connectivity index (χ2n) is 6.08. The topological polar surface area (TPSA) is 78.5 Å². The lowest BCUT2D eigenvalue weighted by molar-refractivity contribution is 0.0919. The number of hydrogen-bond donors (Lipinski definition) is 2. The van der Waals surface area contributed by atoms with Crippen LogP contribution >= 0.6 is 0 Å². The summed E-state index contributed by atoms with van der Waals surface area (Å²) in [7, 11) is -3.56. The van der Waals surface area contributed by atoms with Crippen molar-refractivity contribution in [3.8, 4) is 0 Å². The molecule has 2 atom stereocenters. The van der Waals surface area contributed by atoms with Crippen LogP contribution in [0.15, 0.2) is 29.2 Å². The SMILES string of the molecule is CCN(CC)S(=O)(=O)c1cccc(C(=O)NC2CCCNC2C)c1. The van der Waals surface area contributed by atoms with Gasteiger partial charge in [-0.1, -0.05) is 19.9 Å². The smallest absolute Gasteiger partial charge is 0.251 e. The van der Waals surface area contributed by atoms with Crippen molar-refractivity contribution in [1.82, 2.24) is 14.9 Å². The minimum absolute atomic E-state index is 0.0642. The van der Waals surface area contributed by atoms with Gasteiger partial charge in [-0.3, -0.25) is 4.79 Å². The molecule has 0 aromatic heterocycles. The zero-order valence-corrected chi connectivity index (χ0v) is 15.4. The van der Waals surface area contributed by atoms with Crippen LogP contribution in [0, 0.1) is 0 Å². The molecule has 2 unspecified atom stereocenters. The van der Waals surface area contributed by atoms with Crippen LogP contribution in [0.25, 0.3) is 0 Å². The molecule has 0 aliphatic carbocycles. The van der Waals surface area contributed by atoms with Crippen molar-refractivity contribution in [3.63, 3.8) is 0 Å². The second kappa shape index (κ2) is 8.09. The van der Waals surface area contributed by atoms with Crippen molar-refractivity contribution in [2.45, 2.75) is 50.6 Å². The molecule has 7 heteroatoms. The molecule has 1 saturated heterocycles. The molecular formula is C17H27N3O3S. The van der Waals surface area contributed by atoms with E-state index < -0.39 is 10.0 Å². The zero-order chi connectivity index (χ0) is 17.7. The summed E-state index contributed by atoms with van der Waals surface area (Å²) in [5.41, 5.74) is 0.376. The summed E-state index contributed by atoms with van der Waals surface area (Å²) in [6.45, 7) is 7.42. The molecule has 2 rings (SSSR count). The first-order chi connectivity index (χ1) is 11.4. The number of nitrogens with zero attached hydrogens (tertiary/aromatic N) is 1. The highest BCUT2D eigenvalue weighted by Gasteiger charge is 2.25. The minimum Gasteiger partial charge on any atom is -0.348 e. The first-order valence-electron chi connectivity index (χ1n) is 8.54. The van der Waals surface area contributed by atoms with E-state index in [1.54, 1.807) is 26.0 Å². The molecule has 6 nitrogen and oxygen atoms in total. The Bertz CT molecular complexity index is 671. The van der Waals surface area contributed by atoms with Gasteiger partial charge in [-0.05, 0) is 44.5 Å². The van der Waals surface area contributed by atoms with E-state index in [0.717, 1.165) is 19.4 Å². The van der Waals surface area contributed by atoms with Gasteiger partial charge in [0, 0.05) is 30.7 Å². The highest BCUT2D eigenvalue weighted by Crippen LogP contribution is 2.17. The average Bonchev–Trinajstić information content (AvgIpc) is 2.58. The number of nitrogens with one attached hydrogen (secondary N) is 2. The molecule has 1 heterocycles. The summed E-state index contributed by atoms with van der Waals surface area (Å²) in [5.74, 6) is -0.229. The van der Waals surface area contributed by atoms with Gasteiger partial charge in [0.05, 0.1) is 4.90 Å². The molecule has 1 aliphatic heterocycles. The van der Waals surface area contributed by atoms with Crippen LogP contribution in [-0.2, 0) is 10.0 Å². The normalized spacial score (nSPS) is 21.7. The van der Waals surface area contributed by atoms with E-state index in [0.29, 0.717) is 18.7 Å². The number of carbonyl (C=O) groups is 1. The lowest BCUT2D eigenvalue weighted by Crippen LogP contribution is -2.51. The van der Waals surface area contributed by atoms with Crippen LogP contribution in [0.3, 0.4) is 0 Å². The van der Waals surface area contributed by atoms with Crippen LogP contribution in [0.4, 0.5) is 0 Å². The van der Waals surface area contributed by atoms with Gasteiger partial charge in [-0.25, -0.2) is 8.42 Å². The molecule has 134 valence electrons. The van der Waals surface area contributed by atoms with Crippen molar-refractivity contribution in [3.05, 3.63) is 29.8 Å². The number of amides is 1. The highest BCUT2D eigenvalue weighted by atomic mass is 32.2. The fourth-order valence-corrected chi connectivity index (χ4v) is 4.51. The minimum atomic E-state index is -3.56. The van der Waals surface area contributed by atoms with Crippen LogP contribution in [0.2, 0.25) is 0 Å². The van der Waals surface area contributed by atoms with Gasteiger partial charge in [-0.15, -0.1) is 0 Å². The van der Waals surface area contributed by atoms with Crippen molar-refractivity contribution in [1.29, 1.82) is 0 Å². The first kappa shape index (κ1) is 18.9. The maximum Gasteiger partial charge on any atom is 0.251 e. The van der Waals surface area contributed by atoms with E-state index in [-0.39, 0.29) is 22.9 Å². The van der Waals surface area contributed by atoms with Crippen LogP contribution in [0.5, 0.6) is 0 Å². The maximum atomic E-state index is 12.6. The van der Waals surface area contributed by atoms with Gasteiger partial charge in [0.15, 0.2) is 0 Å². The van der Waals surface area contributed by atoms with Crippen molar-refractivity contribution >= 4 is 15.9 Å². The van der Waals surface area contributed by atoms with Gasteiger partial charge in [0.25, 0.3) is 5.91 Å². The summed E-state index contributed by atoms with van der Waals surface area (Å²) in [4.78, 5) is 12.7. The average molecular weight is 353 g/mol. The molecule has 0 radical (unpaired) electrons. The Balaban J connectivity index is 2.19. The number of benzene rings is 1. The Hall–Kier alpha value is -1.44. The van der Waals surface area contributed by atoms with Crippen LogP contribution < -0.4 is 10.6 Å². The molecule has 1 aliphatic rings. The molecular weight excluding hydrogens is 326 g/mol. The Kier molecular flexibility index (Phi) is 6.37. The number of carbonyl (C=O) groups excluding carboxylic acids is 1. The predicted molar refractivity (Wildman–Crippen MR) is 94.5 cm³/mol. The Morgan fingerprint density at radius 1 is 1.33 bits per heavy atom. The number of rotatable bonds is 6. The third kappa shape index (κ3) is 4.15. The van der Waals surface area contributed by atoms with E-state index >= 15 is 0 Å². The quantitative estimate of drug-likeness (QED) is 0.814. The lowest BCUT2D eigenvalue weighted by Gasteiger charge is -2.30. The molecule has 1 aromatic rings. The fourth-order valence-electron chi connectivity index (χ4n) is 3.00. The van der Waals surface area contributed by atoms with E-state index in [9.17, 15) is 13.2 Å². The predicted octanol–water partition coefficient (Wildman–Crippen LogP) is 1.59. The van der Waals surface area contributed by atoms with Gasteiger partial charge < -0.3 is 10.6 Å². The molecule has 2 N–H and O–H groups in total. The summed E-state index contributed by atoms with van der Waals surface area (Å²) in [6, 6.07) is 6.55.